The van der Waals surface area contributed by atoms with Crippen molar-refractivity contribution >= 4 is 16.2 Å². The predicted molar refractivity (Wildman–Crippen MR) is 72.5 cm³/mol. The standard InChI is InChI=1S/C9H8O3S.2C2H6/c1-7-3-2-4-8-5-6-13(10,11)12-9(7)8;2*1-2/h2-6H,1H3;2*1-2H3. The number of rotatable bonds is 0. The summed E-state index contributed by atoms with van der Waals surface area (Å²) in [4.78, 5) is 0. The van der Waals surface area contributed by atoms with Crippen molar-refractivity contribution in [1.29, 1.82) is 0 Å². The first kappa shape index (κ1) is 15.7. The quantitative estimate of drug-likeness (QED) is 0.664. The molecule has 96 valence electrons. The third-order valence-electron chi connectivity index (χ3n) is 1.86. The van der Waals surface area contributed by atoms with Crippen molar-refractivity contribution in [3.8, 4) is 5.75 Å². The molecule has 1 aliphatic rings. The largest absolute Gasteiger partial charge is 0.378 e. The Morgan fingerprint density at radius 2 is 1.65 bits per heavy atom. The van der Waals surface area contributed by atoms with Crippen LogP contribution in [0.2, 0.25) is 0 Å². The SMILES string of the molecule is CC.CC.Cc1cccc2c1OS(=O)(=O)C=C2. The lowest BCUT2D eigenvalue weighted by Gasteiger charge is -2.13. The summed E-state index contributed by atoms with van der Waals surface area (Å²) in [6, 6.07) is 5.49. The van der Waals surface area contributed by atoms with Crippen molar-refractivity contribution in [2.24, 2.45) is 0 Å². The fourth-order valence-electron chi connectivity index (χ4n) is 1.22. The molecular formula is C13H20O3S. The highest BCUT2D eigenvalue weighted by atomic mass is 32.2. The van der Waals surface area contributed by atoms with Gasteiger partial charge < -0.3 is 4.18 Å². The Labute approximate surface area is 104 Å². The van der Waals surface area contributed by atoms with Crippen LogP contribution in [-0.4, -0.2) is 8.42 Å². The molecule has 0 aromatic heterocycles. The Hall–Kier alpha value is -1.29. The van der Waals surface area contributed by atoms with E-state index in [1.54, 1.807) is 6.08 Å². The lowest BCUT2D eigenvalue weighted by atomic mass is 10.1. The lowest BCUT2D eigenvalue weighted by molar-refractivity contribution is 0.492. The molecular weight excluding hydrogens is 236 g/mol. The summed E-state index contributed by atoms with van der Waals surface area (Å²) in [5.41, 5.74) is 1.63. The van der Waals surface area contributed by atoms with E-state index in [0.29, 0.717) is 5.75 Å². The van der Waals surface area contributed by atoms with Gasteiger partial charge in [-0.1, -0.05) is 45.9 Å². The Morgan fingerprint density at radius 1 is 1.06 bits per heavy atom. The van der Waals surface area contributed by atoms with Gasteiger partial charge in [0.25, 0.3) is 0 Å². The molecule has 17 heavy (non-hydrogen) atoms. The van der Waals surface area contributed by atoms with Crippen LogP contribution < -0.4 is 4.18 Å². The van der Waals surface area contributed by atoms with Gasteiger partial charge >= 0.3 is 10.1 Å². The van der Waals surface area contributed by atoms with Crippen molar-refractivity contribution in [3.63, 3.8) is 0 Å². The van der Waals surface area contributed by atoms with E-state index < -0.39 is 10.1 Å². The van der Waals surface area contributed by atoms with E-state index in [1.807, 2.05) is 52.8 Å². The number of fused-ring (bicyclic) bond motifs is 1. The van der Waals surface area contributed by atoms with Crippen LogP contribution in [0.3, 0.4) is 0 Å². The van der Waals surface area contributed by atoms with Gasteiger partial charge in [-0.15, -0.1) is 0 Å². The van der Waals surface area contributed by atoms with E-state index in [-0.39, 0.29) is 0 Å². The summed E-state index contributed by atoms with van der Waals surface area (Å²) in [6.45, 7) is 9.81. The molecule has 0 saturated heterocycles. The van der Waals surface area contributed by atoms with Crippen LogP contribution in [0.25, 0.3) is 6.08 Å². The molecule has 2 rings (SSSR count). The second-order valence-electron chi connectivity index (χ2n) is 2.87. The first-order valence-corrected chi connectivity index (χ1v) is 7.28. The van der Waals surface area contributed by atoms with E-state index in [9.17, 15) is 8.42 Å². The zero-order valence-corrected chi connectivity index (χ0v) is 11.8. The zero-order valence-electron chi connectivity index (χ0n) is 11.0. The zero-order chi connectivity index (χ0) is 13.5. The fraction of sp³-hybridized carbons (Fsp3) is 0.385. The number of aryl methyl sites for hydroxylation is 1. The Balaban J connectivity index is 0.000000581. The second-order valence-corrected chi connectivity index (χ2v) is 4.30. The molecule has 1 heterocycles. The van der Waals surface area contributed by atoms with Crippen LogP contribution in [0.1, 0.15) is 38.8 Å². The summed E-state index contributed by atoms with van der Waals surface area (Å²) in [6.07, 6.45) is 1.54. The van der Waals surface area contributed by atoms with Crippen LogP contribution in [0.15, 0.2) is 23.6 Å². The van der Waals surface area contributed by atoms with E-state index in [2.05, 4.69) is 0 Å². The fourth-order valence-corrected chi connectivity index (χ4v) is 2.05. The summed E-state index contributed by atoms with van der Waals surface area (Å²) in [7, 11) is -3.50. The highest BCUT2D eigenvalue weighted by Gasteiger charge is 2.17. The lowest BCUT2D eigenvalue weighted by Crippen LogP contribution is -2.10. The topological polar surface area (TPSA) is 43.4 Å². The molecule has 0 bridgehead atoms. The van der Waals surface area contributed by atoms with Crippen LogP contribution in [0.4, 0.5) is 0 Å². The summed E-state index contributed by atoms with van der Waals surface area (Å²) < 4.78 is 26.9. The molecule has 0 fully saturated rings. The van der Waals surface area contributed by atoms with Gasteiger partial charge in [-0.25, -0.2) is 0 Å². The summed E-state index contributed by atoms with van der Waals surface area (Å²) in [5.74, 6) is 0.435. The molecule has 0 radical (unpaired) electrons. The van der Waals surface area contributed by atoms with Crippen LogP contribution >= 0.6 is 0 Å². The third-order valence-corrected chi connectivity index (χ3v) is 2.72. The van der Waals surface area contributed by atoms with Gasteiger partial charge in [0.15, 0.2) is 5.75 Å². The number of hydrogen-bond donors (Lipinski definition) is 0. The maximum absolute atomic E-state index is 11.1. The van der Waals surface area contributed by atoms with Crippen LogP contribution in [0.5, 0.6) is 5.75 Å². The number of hydrogen-bond acceptors (Lipinski definition) is 3. The second kappa shape index (κ2) is 7.12. The van der Waals surface area contributed by atoms with Crippen molar-refractivity contribution in [2.45, 2.75) is 34.6 Å². The molecule has 0 saturated carbocycles. The van der Waals surface area contributed by atoms with Gasteiger partial charge in [-0.05, 0) is 18.6 Å². The van der Waals surface area contributed by atoms with Crippen molar-refractivity contribution in [3.05, 3.63) is 34.7 Å². The average Bonchev–Trinajstić information content (AvgIpc) is 2.35. The highest BCUT2D eigenvalue weighted by molar-refractivity contribution is 7.90. The smallest absolute Gasteiger partial charge is 0.332 e. The molecule has 0 amide bonds. The maximum Gasteiger partial charge on any atom is 0.332 e. The molecule has 0 aliphatic carbocycles. The molecule has 0 unspecified atom stereocenters. The van der Waals surface area contributed by atoms with Gasteiger partial charge in [-0.2, -0.15) is 8.42 Å². The summed E-state index contributed by atoms with van der Waals surface area (Å²) in [5, 5.41) is 1.06. The van der Waals surface area contributed by atoms with Crippen molar-refractivity contribution in [1.82, 2.24) is 0 Å². The van der Waals surface area contributed by atoms with Crippen molar-refractivity contribution in [2.75, 3.05) is 0 Å². The molecule has 3 nitrogen and oxygen atoms in total. The first-order chi connectivity index (χ1) is 8.08. The monoisotopic (exact) mass is 256 g/mol. The maximum atomic E-state index is 11.1. The minimum Gasteiger partial charge on any atom is -0.378 e. The average molecular weight is 256 g/mol. The number of para-hydroxylation sites is 1. The van der Waals surface area contributed by atoms with Crippen LogP contribution in [0, 0.1) is 6.92 Å². The Kier molecular flexibility index (Phi) is 6.58. The summed E-state index contributed by atoms with van der Waals surface area (Å²) >= 11 is 0. The molecule has 0 spiro atoms. The van der Waals surface area contributed by atoms with Gasteiger partial charge in [0, 0.05) is 5.56 Å². The van der Waals surface area contributed by atoms with Gasteiger partial charge in [0.2, 0.25) is 0 Å². The van der Waals surface area contributed by atoms with Gasteiger partial charge in [0.1, 0.15) is 0 Å². The van der Waals surface area contributed by atoms with E-state index in [0.717, 1.165) is 16.5 Å². The molecule has 0 atom stereocenters. The van der Waals surface area contributed by atoms with Crippen molar-refractivity contribution < 1.29 is 12.6 Å². The van der Waals surface area contributed by atoms with Crippen LogP contribution in [-0.2, 0) is 10.1 Å². The molecule has 1 aromatic carbocycles. The van der Waals surface area contributed by atoms with Gasteiger partial charge in [0.05, 0.1) is 5.41 Å². The minimum absolute atomic E-state index is 0.435. The Morgan fingerprint density at radius 3 is 2.24 bits per heavy atom. The third kappa shape index (κ3) is 4.23. The van der Waals surface area contributed by atoms with E-state index >= 15 is 0 Å². The van der Waals surface area contributed by atoms with E-state index in [1.165, 1.54) is 0 Å². The molecule has 1 aliphatic heterocycles. The Bertz CT molecular complexity index is 473. The highest BCUT2D eigenvalue weighted by Crippen LogP contribution is 2.29. The number of benzene rings is 1. The molecule has 4 heteroatoms. The van der Waals surface area contributed by atoms with Gasteiger partial charge in [-0.3, -0.25) is 0 Å². The minimum atomic E-state index is -3.50. The molecule has 1 aromatic rings. The molecule has 0 N–H and O–H groups in total. The first-order valence-electron chi connectivity index (χ1n) is 5.81. The predicted octanol–water partition coefficient (Wildman–Crippen LogP) is 3.74. The normalized spacial score (nSPS) is 14.2. The van der Waals surface area contributed by atoms with E-state index in [4.69, 9.17) is 4.18 Å².